The number of phenolic OH excluding ortho intramolecular Hbond substituents is 1. The quantitative estimate of drug-likeness (QED) is 0.651. The van der Waals surface area contributed by atoms with Gasteiger partial charge in [-0.15, -0.1) is 0 Å². The van der Waals surface area contributed by atoms with E-state index in [0.29, 0.717) is 16.4 Å². The molecule has 0 atom stereocenters. The van der Waals surface area contributed by atoms with Crippen LogP contribution in [0.4, 0.5) is 5.69 Å². The van der Waals surface area contributed by atoms with Crippen LogP contribution in [0.3, 0.4) is 0 Å². The van der Waals surface area contributed by atoms with Gasteiger partial charge in [-0.05, 0) is 43.3 Å². The second kappa shape index (κ2) is 7.05. The average molecular weight is 406 g/mol. The minimum atomic E-state index is -3.45. The SMILES string of the molecule is Cc1[nH]n(-c2cccc(Cl)c2)c(=O)c1C=Nc1cc(S(C)(=O)=O)ccc1O. The lowest BCUT2D eigenvalue weighted by atomic mass is 10.2. The van der Waals surface area contributed by atoms with Crippen LogP contribution in [-0.2, 0) is 9.84 Å². The molecule has 0 unspecified atom stereocenters. The van der Waals surface area contributed by atoms with Gasteiger partial charge in [-0.2, -0.15) is 0 Å². The van der Waals surface area contributed by atoms with Crippen molar-refractivity contribution in [3.63, 3.8) is 0 Å². The number of sulfone groups is 1. The molecular formula is C18H16ClN3O4S. The maximum absolute atomic E-state index is 12.7. The molecule has 7 nitrogen and oxygen atoms in total. The van der Waals surface area contributed by atoms with Crippen molar-refractivity contribution in [3.05, 3.63) is 69.1 Å². The number of hydrogen-bond donors (Lipinski definition) is 2. The van der Waals surface area contributed by atoms with Crippen LogP contribution in [0.25, 0.3) is 5.69 Å². The standard InChI is InChI=1S/C18H16ClN3O4S/c1-11-15(18(24)22(21-11)13-5-3-4-12(19)8-13)10-20-16-9-14(27(2,25)26)6-7-17(16)23/h3-10,21,23H,1-2H3. The van der Waals surface area contributed by atoms with Crippen LogP contribution in [-0.4, -0.2) is 35.8 Å². The summed E-state index contributed by atoms with van der Waals surface area (Å²) in [5.74, 6) is -0.193. The number of aromatic hydroxyl groups is 1. The van der Waals surface area contributed by atoms with E-state index < -0.39 is 9.84 Å². The van der Waals surface area contributed by atoms with Crippen LogP contribution in [0.15, 0.2) is 57.1 Å². The van der Waals surface area contributed by atoms with Crippen LogP contribution in [0, 0.1) is 6.92 Å². The number of aliphatic imine (C=N–C) groups is 1. The predicted octanol–water partition coefficient (Wildman–Crippen LogP) is 2.99. The summed E-state index contributed by atoms with van der Waals surface area (Å²) in [6.45, 7) is 1.70. The molecule has 0 aliphatic heterocycles. The lowest BCUT2D eigenvalue weighted by Crippen LogP contribution is -2.17. The Bertz CT molecular complexity index is 1210. The molecule has 0 saturated carbocycles. The van der Waals surface area contributed by atoms with Gasteiger partial charge in [0.05, 0.1) is 16.1 Å². The Balaban J connectivity index is 2.04. The highest BCUT2D eigenvalue weighted by molar-refractivity contribution is 7.90. The minimum Gasteiger partial charge on any atom is -0.506 e. The van der Waals surface area contributed by atoms with Gasteiger partial charge in [0.25, 0.3) is 5.56 Å². The number of phenols is 1. The minimum absolute atomic E-state index is 0.0228. The van der Waals surface area contributed by atoms with Gasteiger partial charge in [0.1, 0.15) is 11.4 Å². The Morgan fingerprint density at radius 1 is 1.22 bits per heavy atom. The van der Waals surface area contributed by atoms with Gasteiger partial charge in [0, 0.05) is 23.2 Å². The number of benzene rings is 2. The molecule has 0 aliphatic rings. The van der Waals surface area contributed by atoms with Crippen molar-refractivity contribution in [3.8, 4) is 11.4 Å². The summed E-state index contributed by atoms with van der Waals surface area (Å²) < 4.78 is 24.7. The van der Waals surface area contributed by atoms with E-state index in [2.05, 4.69) is 10.1 Å². The summed E-state index contributed by atoms with van der Waals surface area (Å²) in [4.78, 5) is 16.8. The molecule has 140 valence electrons. The number of hydrogen-bond acceptors (Lipinski definition) is 5. The first kappa shape index (κ1) is 18.9. The molecule has 0 bridgehead atoms. The zero-order chi connectivity index (χ0) is 19.8. The van der Waals surface area contributed by atoms with Crippen molar-refractivity contribution in [1.82, 2.24) is 9.78 Å². The molecule has 0 spiro atoms. The average Bonchev–Trinajstić information content (AvgIpc) is 2.87. The number of nitrogens with zero attached hydrogens (tertiary/aromatic N) is 2. The molecule has 1 aromatic heterocycles. The molecule has 0 radical (unpaired) electrons. The second-order valence-electron chi connectivity index (χ2n) is 5.95. The van der Waals surface area contributed by atoms with Crippen molar-refractivity contribution in [2.75, 3.05) is 6.26 Å². The summed E-state index contributed by atoms with van der Waals surface area (Å²) >= 11 is 5.97. The normalized spacial score (nSPS) is 12.0. The lowest BCUT2D eigenvalue weighted by molar-refractivity contribution is 0.476. The van der Waals surface area contributed by atoms with E-state index in [4.69, 9.17) is 11.6 Å². The van der Waals surface area contributed by atoms with Gasteiger partial charge in [-0.1, -0.05) is 17.7 Å². The van der Waals surface area contributed by atoms with Gasteiger partial charge < -0.3 is 5.11 Å². The lowest BCUT2D eigenvalue weighted by Gasteiger charge is -2.02. The zero-order valence-electron chi connectivity index (χ0n) is 14.5. The van der Waals surface area contributed by atoms with E-state index in [1.54, 1.807) is 31.2 Å². The smallest absolute Gasteiger partial charge is 0.280 e. The van der Waals surface area contributed by atoms with Crippen molar-refractivity contribution < 1.29 is 13.5 Å². The van der Waals surface area contributed by atoms with Crippen LogP contribution >= 0.6 is 11.6 Å². The molecule has 3 rings (SSSR count). The van der Waals surface area contributed by atoms with Gasteiger partial charge in [0.15, 0.2) is 9.84 Å². The fourth-order valence-electron chi connectivity index (χ4n) is 2.48. The Morgan fingerprint density at radius 2 is 1.96 bits per heavy atom. The van der Waals surface area contributed by atoms with Crippen molar-refractivity contribution in [2.45, 2.75) is 11.8 Å². The zero-order valence-corrected chi connectivity index (χ0v) is 16.0. The number of nitrogens with one attached hydrogen (secondary N) is 1. The first-order valence-electron chi connectivity index (χ1n) is 7.81. The summed E-state index contributed by atoms with van der Waals surface area (Å²) in [7, 11) is -3.45. The van der Waals surface area contributed by atoms with Crippen molar-refractivity contribution in [2.24, 2.45) is 4.99 Å². The topological polar surface area (TPSA) is 105 Å². The second-order valence-corrected chi connectivity index (χ2v) is 8.40. The van der Waals surface area contributed by atoms with Crippen LogP contribution in [0.1, 0.15) is 11.3 Å². The number of halogens is 1. The molecule has 9 heteroatoms. The van der Waals surface area contributed by atoms with Gasteiger partial charge in [-0.3, -0.25) is 14.9 Å². The Hall–Kier alpha value is -2.84. The Kier molecular flexibility index (Phi) is 4.95. The van der Waals surface area contributed by atoms with E-state index in [0.717, 1.165) is 6.26 Å². The van der Waals surface area contributed by atoms with E-state index in [9.17, 15) is 18.3 Å². The largest absolute Gasteiger partial charge is 0.506 e. The van der Waals surface area contributed by atoms with Gasteiger partial charge >= 0.3 is 0 Å². The summed E-state index contributed by atoms with van der Waals surface area (Å²) in [6, 6.07) is 10.6. The van der Waals surface area contributed by atoms with E-state index in [1.807, 2.05) is 0 Å². The molecule has 0 fully saturated rings. The van der Waals surface area contributed by atoms with Crippen LogP contribution < -0.4 is 5.56 Å². The summed E-state index contributed by atoms with van der Waals surface area (Å²) in [5.41, 5.74) is 1.10. The number of aromatic nitrogens is 2. The first-order valence-corrected chi connectivity index (χ1v) is 10.1. The molecule has 2 aromatic carbocycles. The molecule has 0 aliphatic carbocycles. The summed E-state index contributed by atoms with van der Waals surface area (Å²) in [6.07, 6.45) is 2.35. The van der Waals surface area contributed by atoms with Crippen molar-refractivity contribution in [1.29, 1.82) is 0 Å². The molecule has 1 heterocycles. The number of H-pyrrole nitrogens is 1. The molecule has 3 aromatic rings. The fraction of sp³-hybridized carbons (Fsp3) is 0.111. The Labute approximate surface area is 160 Å². The molecule has 0 amide bonds. The highest BCUT2D eigenvalue weighted by Crippen LogP contribution is 2.29. The summed E-state index contributed by atoms with van der Waals surface area (Å²) in [5, 5.41) is 13.3. The van der Waals surface area contributed by atoms with E-state index >= 15 is 0 Å². The highest BCUT2D eigenvalue weighted by atomic mass is 35.5. The van der Waals surface area contributed by atoms with Gasteiger partial charge in [0.2, 0.25) is 0 Å². The van der Waals surface area contributed by atoms with Gasteiger partial charge in [-0.25, -0.2) is 13.1 Å². The Morgan fingerprint density at radius 3 is 2.63 bits per heavy atom. The first-order chi connectivity index (χ1) is 12.7. The maximum atomic E-state index is 12.7. The third-order valence-electron chi connectivity index (χ3n) is 3.89. The van der Waals surface area contributed by atoms with Crippen LogP contribution in [0.5, 0.6) is 5.75 Å². The monoisotopic (exact) mass is 405 g/mol. The van der Waals surface area contributed by atoms with E-state index in [-0.39, 0.29) is 27.5 Å². The molecular weight excluding hydrogens is 390 g/mol. The molecule has 2 N–H and O–H groups in total. The maximum Gasteiger partial charge on any atom is 0.280 e. The van der Waals surface area contributed by atoms with E-state index in [1.165, 1.54) is 29.1 Å². The number of rotatable bonds is 4. The predicted molar refractivity (Wildman–Crippen MR) is 105 cm³/mol. The van der Waals surface area contributed by atoms with Crippen molar-refractivity contribution >= 4 is 33.3 Å². The number of aryl methyl sites for hydroxylation is 1. The third-order valence-corrected chi connectivity index (χ3v) is 5.24. The highest BCUT2D eigenvalue weighted by Gasteiger charge is 2.13. The molecule has 27 heavy (non-hydrogen) atoms. The van der Waals surface area contributed by atoms with Crippen LogP contribution in [0.2, 0.25) is 5.02 Å². The third kappa shape index (κ3) is 3.96. The fourth-order valence-corrected chi connectivity index (χ4v) is 3.31. The molecule has 0 saturated heterocycles. The number of aromatic amines is 1.